The molecule has 0 amide bonds. The van der Waals surface area contributed by atoms with Crippen LogP contribution < -0.4 is 0 Å². The molecule has 70 valence electrons. The van der Waals surface area contributed by atoms with Gasteiger partial charge in [0, 0.05) is 5.71 Å². The molecule has 0 saturated heterocycles. The molecular formula is C10H11F2N. The second kappa shape index (κ2) is 4.12. The van der Waals surface area contributed by atoms with E-state index in [9.17, 15) is 8.78 Å². The SMILES string of the molecule is CCCC(=N)c1c(F)cccc1F. The Balaban J connectivity index is 3.05. The highest BCUT2D eigenvalue weighted by Crippen LogP contribution is 2.14. The molecule has 0 radical (unpaired) electrons. The number of benzene rings is 1. The molecule has 0 aliphatic carbocycles. The third kappa shape index (κ3) is 2.11. The summed E-state index contributed by atoms with van der Waals surface area (Å²) in [6, 6.07) is 3.64. The molecule has 1 N–H and O–H groups in total. The van der Waals surface area contributed by atoms with Crippen molar-refractivity contribution < 1.29 is 8.78 Å². The van der Waals surface area contributed by atoms with Gasteiger partial charge in [-0.3, -0.25) is 0 Å². The van der Waals surface area contributed by atoms with Gasteiger partial charge in [-0.25, -0.2) is 8.78 Å². The lowest BCUT2D eigenvalue weighted by molar-refractivity contribution is 0.577. The van der Waals surface area contributed by atoms with Gasteiger partial charge in [-0.15, -0.1) is 0 Å². The average molecular weight is 183 g/mol. The van der Waals surface area contributed by atoms with Gasteiger partial charge in [-0.1, -0.05) is 19.4 Å². The van der Waals surface area contributed by atoms with E-state index in [2.05, 4.69) is 0 Å². The highest BCUT2D eigenvalue weighted by molar-refractivity contribution is 5.98. The summed E-state index contributed by atoms with van der Waals surface area (Å²) < 4.78 is 26.1. The van der Waals surface area contributed by atoms with Gasteiger partial charge in [0.1, 0.15) is 11.6 Å². The van der Waals surface area contributed by atoms with Crippen LogP contribution in [0.5, 0.6) is 0 Å². The van der Waals surface area contributed by atoms with E-state index in [-0.39, 0.29) is 11.3 Å². The number of nitrogens with one attached hydrogen (secondary N) is 1. The molecule has 0 bridgehead atoms. The average Bonchev–Trinajstić information content (AvgIpc) is 2.04. The maximum atomic E-state index is 13.0. The maximum absolute atomic E-state index is 13.0. The van der Waals surface area contributed by atoms with E-state index < -0.39 is 11.6 Å². The van der Waals surface area contributed by atoms with Crippen molar-refractivity contribution >= 4 is 5.71 Å². The standard InChI is InChI=1S/C10H11F2N/c1-2-4-9(13)10-7(11)5-3-6-8(10)12/h3,5-6,13H,2,4H2,1H3. The molecule has 0 aliphatic heterocycles. The maximum Gasteiger partial charge on any atom is 0.135 e. The summed E-state index contributed by atoms with van der Waals surface area (Å²) in [6.07, 6.45) is 1.12. The minimum atomic E-state index is -0.654. The molecule has 0 aliphatic rings. The molecule has 0 fully saturated rings. The first kappa shape index (κ1) is 9.84. The quantitative estimate of drug-likeness (QED) is 0.696. The Hall–Kier alpha value is -1.25. The second-order valence-corrected chi connectivity index (χ2v) is 2.83. The number of rotatable bonds is 3. The minimum absolute atomic E-state index is 0.0260. The molecule has 0 aromatic heterocycles. The smallest absolute Gasteiger partial charge is 0.135 e. The van der Waals surface area contributed by atoms with Crippen LogP contribution in [0.25, 0.3) is 0 Å². The van der Waals surface area contributed by atoms with Crippen LogP contribution in [0.3, 0.4) is 0 Å². The molecule has 3 heteroatoms. The highest BCUT2D eigenvalue weighted by atomic mass is 19.1. The molecule has 1 aromatic carbocycles. The van der Waals surface area contributed by atoms with Gasteiger partial charge in [0.25, 0.3) is 0 Å². The second-order valence-electron chi connectivity index (χ2n) is 2.83. The molecule has 1 aromatic rings. The van der Waals surface area contributed by atoms with Gasteiger partial charge in [-0.05, 0) is 18.6 Å². The normalized spacial score (nSPS) is 10.1. The fourth-order valence-corrected chi connectivity index (χ4v) is 1.16. The van der Waals surface area contributed by atoms with E-state index in [1.807, 2.05) is 6.92 Å². The Morgan fingerprint density at radius 3 is 2.31 bits per heavy atom. The van der Waals surface area contributed by atoms with E-state index in [0.717, 1.165) is 0 Å². The van der Waals surface area contributed by atoms with E-state index in [0.29, 0.717) is 12.8 Å². The first-order chi connectivity index (χ1) is 6.16. The summed E-state index contributed by atoms with van der Waals surface area (Å²) in [5.74, 6) is -1.31. The number of hydrogen-bond donors (Lipinski definition) is 1. The first-order valence-corrected chi connectivity index (χ1v) is 4.18. The zero-order chi connectivity index (χ0) is 9.84. The minimum Gasteiger partial charge on any atom is -0.304 e. The Labute approximate surface area is 75.9 Å². The van der Waals surface area contributed by atoms with E-state index in [1.165, 1.54) is 18.2 Å². The fraction of sp³-hybridized carbons (Fsp3) is 0.300. The van der Waals surface area contributed by atoms with Crippen molar-refractivity contribution in [3.05, 3.63) is 35.4 Å². The fourth-order valence-electron chi connectivity index (χ4n) is 1.16. The lowest BCUT2D eigenvalue weighted by atomic mass is 10.1. The molecule has 0 heterocycles. The summed E-state index contributed by atoms with van der Waals surface area (Å²) in [6.45, 7) is 1.87. The van der Waals surface area contributed by atoms with Crippen LogP contribution in [-0.4, -0.2) is 5.71 Å². The molecule has 0 spiro atoms. The predicted molar refractivity (Wildman–Crippen MR) is 48.1 cm³/mol. The van der Waals surface area contributed by atoms with Crippen molar-refractivity contribution in [2.75, 3.05) is 0 Å². The van der Waals surface area contributed by atoms with Crippen LogP contribution >= 0.6 is 0 Å². The van der Waals surface area contributed by atoms with Crippen LogP contribution in [0.2, 0.25) is 0 Å². The molecule has 1 nitrogen and oxygen atoms in total. The molecular weight excluding hydrogens is 172 g/mol. The van der Waals surface area contributed by atoms with Crippen molar-refractivity contribution in [2.24, 2.45) is 0 Å². The van der Waals surface area contributed by atoms with Gasteiger partial charge in [0.2, 0.25) is 0 Å². The zero-order valence-corrected chi connectivity index (χ0v) is 7.40. The van der Waals surface area contributed by atoms with Crippen molar-refractivity contribution in [2.45, 2.75) is 19.8 Å². The predicted octanol–water partition coefficient (Wildman–Crippen LogP) is 3.13. The van der Waals surface area contributed by atoms with Gasteiger partial charge in [0.15, 0.2) is 0 Å². The van der Waals surface area contributed by atoms with Gasteiger partial charge in [-0.2, -0.15) is 0 Å². The zero-order valence-electron chi connectivity index (χ0n) is 7.40. The van der Waals surface area contributed by atoms with Crippen LogP contribution in [0.4, 0.5) is 8.78 Å². The highest BCUT2D eigenvalue weighted by Gasteiger charge is 2.12. The van der Waals surface area contributed by atoms with Crippen molar-refractivity contribution in [1.29, 1.82) is 5.41 Å². The first-order valence-electron chi connectivity index (χ1n) is 4.18. The summed E-state index contributed by atoms with van der Waals surface area (Å²) in [5, 5.41) is 7.43. The summed E-state index contributed by atoms with van der Waals surface area (Å²) in [4.78, 5) is 0. The lowest BCUT2D eigenvalue weighted by Crippen LogP contribution is -2.05. The molecule has 0 unspecified atom stereocenters. The van der Waals surface area contributed by atoms with Crippen LogP contribution in [-0.2, 0) is 0 Å². The number of hydrogen-bond acceptors (Lipinski definition) is 1. The van der Waals surface area contributed by atoms with Crippen molar-refractivity contribution in [1.82, 2.24) is 0 Å². The Kier molecular flexibility index (Phi) is 3.12. The van der Waals surface area contributed by atoms with E-state index in [4.69, 9.17) is 5.41 Å². The topological polar surface area (TPSA) is 23.9 Å². The van der Waals surface area contributed by atoms with Crippen LogP contribution in [0, 0.1) is 17.0 Å². The van der Waals surface area contributed by atoms with Crippen LogP contribution in [0.15, 0.2) is 18.2 Å². The van der Waals surface area contributed by atoms with Crippen molar-refractivity contribution in [3.63, 3.8) is 0 Å². The Bertz CT molecular complexity index is 300. The number of halogens is 2. The van der Waals surface area contributed by atoms with Crippen molar-refractivity contribution in [3.8, 4) is 0 Å². The van der Waals surface area contributed by atoms with Crippen LogP contribution in [0.1, 0.15) is 25.3 Å². The third-order valence-corrected chi connectivity index (χ3v) is 1.76. The molecule has 0 saturated carbocycles. The molecule has 0 atom stereocenters. The summed E-state index contributed by atoms with van der Waals surface area (Å²) >= 11 is 0. The van der Waals surface area contributed by atoms with E-state index in [1.54, 1.807) is 0 Å². The lowest BCUT2D eigenvalue weighted by Gasteiger charge is -2.04. The molecule has 13 heavy (non-hydrogen) atoms. The molecule has 1 rings (SSSR count). The summed E-state index contributed by atoms with van der Waals surface area (Å²) in [5.41, 5.74) is -0.164. The summed E-state index contributed by atoms with van der Waals surface area (Å²) in [7, 11) is 0. The van der Waals surface area contributed by atoms with Gasteiger partial charge in [0.05, 0.1) is 5.56 Å². The monoisotopic (exact) mass is 183 g/mol. The Morgan fingerprint density at radius 1 is 1.31 bits per heavy atom. The Morgan fingerprint density at radius 2 is 1.85 bits per heavy atom. The largest absolute Gasteiger partial charge is 0.304 e. The van der Waals surface area contributed by atoms with Gasteiger partial charge < -0.3 is 5.41 Å². The van der Waals surface area contributed by atoms with Gasteiger partial charge >= 0.3 is 0 Å². The van der Waals surface area contributed by atoms with E-state index >= 15 is 0 Å². The third-order valence-electron chi connectivity index (χ3n) is 1.76.